The Morgan fingerprint density at radius 3 is 2.43 bits per heavy atom. The maximum atomic E-state index is 11.9. The topological polar surface area (TPSA) is 49.8 Å². The number of halogens is 3. The van der Waals surface area contributed by atoms with Gasteiger partial charge in [0, 0.05) is 5.69 Å². The first-order valence-corrected chi connectivity index (χ1v) is 3.77. The number of benzene rings is 1. The average molecular weight is 200 g/mol. The number of hydrogen-bond acceptors (Lipinski definition) is 2. The van der Waals surface area contributed by atoms with E-state index in [1.54, 1.807) is 6.07 Å². The average Bonchev–Trinajstić information content (AvgIpc) is 2.01. The Morgan fingerprint density at radius 1 is 1.36 bits per heavy atom. The van der Waals surface area contributed by atoms with Gasteiger partial charge in [0.25, 0.3) is 0 Å². The van der Waals surface area contributed by atoms with Gasteiger partial charge in [-0.05, 0) is 17.7 Å². The second-order valence-electron chi connectivity index (χ2n) is 2.83. The van der Waals surface area contributed by atoms with Crippen LogP contribution in [0.2, 0.25) is 0 Å². The highest BCUT2D eigenvalue weighted by atomic mass is 19.4. The fourth-order valence-corrected chi connectivity index (χ4v) is 1.06. The lowest BCUT2D eigenvalue weighted by atomic mass is 10.1. The van der Waals surface area contributed by atoms with E-state index in [0.29, 0.717) is 0 Å². The zero-order valence-electron chi connectivity index (χ0n) is 7.10. The summed E-state index contributed by atoms with van der Waals surface area (Å²) in [4.78, 5) is 0. The highest BCUT2D eigenvalue weighted by Gasteiger charge is 2.27. The van der Waals surface area contributed by atoms with Gasteiger partial charge in [0.05, 0.1) is 12.0 Å². The van der Waals surface area contributed by atoms with Crippen LogP contribution in [0.25, 0.3) is 0 Å². The largest absolute Gasteiger partial charge is 0.398 e. The normalized spacial score (nSPS) is 11.0. The van der Waals surface area contributed by atoms with Crippen molar-refractivity contribution in [3.63, 3.8) is 0 Å². The second kappa shape index (κ2) is 3.58. The van der Waals surface area contributed by atoms with E-state index < -0.39 is 12.6 Å². The summed E-state index contributed by atoms with van der Waals surface area (Å²) >= 11 is 0. The van der Waals surface area contributed by atoms with Gasteiger partial charge in [-0.15, -0.1) is 0 Å². The molecule has 0 fully saturated rings. The SMILES string of the molecule is N#Cc1ccc(CC(F)(F)F)cc1N. The molecule has 0 aliphatic heterocycles. The molecular weight excluding hydrogens is 193 g/mol. The van der Waals surface area contributed by atoms with Gasteiger partial charge in [-0.1, -0.05) is 6.07 Å². The summed E-state index contributed by atoms with van der Waals surface area (Å²) in [5, 5.41) is 8.49. The highest BCUT2D eigenvalue weighted by Crippen LogP contribution is 2.23. The third kappa shape index (κ3) is 2.66. The van der Waals surface area contributed by atoms with Gasteiger partial charge in [0.2, 0.25) is 0 Å². The van der Waals surface area contributed by atoms with E-state index in [1.165, 1.54) is 18.2 Å². The molecule has 0 spiro atoms. The van der Waals surface area contributed by atoms with Gasteiger partial charge in [-0.2, -0.15) is 18.4 Å². The predicted molar refractivity (Wildman–Crippen MR) is 45.3 cm³/mol. The van der Waals surface area contributed by atoms with E-state index in [1.807, 2.05) is 0 Å². The summed E-state index contributed by atoms with van der Waals surface area (Å²) in [5.41, 5.74) is 5.69. The van der Waals surface area contributed by atoms with E-state index in [-0.39, 0.29) is 16.8 Å². The molecule has 0 aliphatic rings. The quantitative estimate of drug-likeness (QED) is 0.707. The lowest BCUT2D eigenvalue weighted by molar-refractivity contribution is -0.127. The Kier molecular flexibility index (Phi) is 2.65. The molecule has 2 nitrogen and oxygen atoms in total. The summed E-state index contributed by atoms with van der Waals surface area (Å²) in [7, 11) is 0. The summed E-state index contributed by atoms with van der Waals surface area (Å²) < 4.78 is 35.8. The van der Waals surface area contributed by atoms with Crippen LogP contribution in [0.15, 0.2) is 18.2 Å². The predicted octanol–water partition coefficient (Wildman–Crippen LogP) is 2.25. The maximum absolute atomic E-state index is 11.9. The van der Waals surface area contributed by atoms with Crippen molar-refractivity contribution >= 4 is 5.69 Å². The molecule has 2 N–H and O–H groups in total. The summed E-state index contributed by atoms with van der Waals surface area (Å²) in [6.07, 6.45) is -5.27. The minimum atomic E-state index is -4.25. The minimum absolute atomic E-state index is 0.0639. The fraction of sp³-hybridized carbons (Fsp3) is 0.222. The molecule has 0 bridgehead atoms. The number of nitriles is 1. The molecule has 0 heterocycles. The monoisotopic (exact) mass is 200 g/mol. The summed E-state index contributed by atoms with van der Waals surface area (Å²) in [6.45, 7) is 0. The molecule has 0 atom stereocenters. The van der Waals surface area contributed by atoms with Gasteiger partial charge < -0.3 is 5.73 Å². The Bertz CT molecular complexity index is 377. The molecule has 0 saturated carbocycles. The molecule has 1 aromatic rings. The van der Waals surface area contributed by atoms with Crippen LogP contribution in [0, 0.1) is 11.3 Å². The van der Waals surface area contributed by atoms with Crippen molar-refractivity contribution in [2.45, 2.75) is 12.6 Å². The van der Waals surface area contributed by atoms with Crippen LogP contribution in [0.1, 0.15) is 11.1 Å². The minimum Gasteiger partial charge on any atom is -0.398 e. The highest BCUT2D eigenvalue weighted by molar-refractivity contribution is 5.55. The fourth-order valence-electron chi connectivity index (χ4n) is 1.06. The molecule has 74 valence electrons. The van der Waals surface area contributed by atoms with Crippen molar-refractivity contribution in [3.8, 4) is 6.07 Å². The number of nitrogens with two attached hydrogens (primary N) is 1. The first-order chi connectivity index (χ1) is 6.42. The second-order valence-corrected chi connectivity index (χ2v) is 2.83. The number of rotatable bonds is 1. The standard InChI is InChI=1S/C9H7F3N2/c10-9(11,12)4-6-1-2-7(5-13)8(14)3-6/h1-3H,4,14H2. The Hall–Kier alpha value is -1.70. The van der Waals surface area contributed by atoms with E-state index in [9.17, 15) is 13.2 Å². The Labute approximate surface area is 78.8 Å². The first kappa shape index (κ1) is 10.4. The Balaban J connectivity index is 2.94. The van der Waals surface area contributed by atoms with Crippen LogP contribution in [0.5, 0.6) is 0 Å². The number of nitrogens with zero attached hydrogens (tertiary/aromatic N) is 1. The number of nitrogen functional groups attached to an aromatic ring is 1. The van der Waals surface area contributed by atoms with Gasteiger partial charge in [-0.3, -0.25) is 0 Å². The lowest BCUT2D eigenvalue weighted by Crippen LogP contribution is -2.11. The van der Waals surface area contributed by atoms with Crippen LogP contribution in [0.4, 0.5) is 18.9 Å². The molecule has 0 saturated heterocycles. The third-order valence-electron chi connectivity index (χ3n) is 1.64. The van der Waals surface area contributed by atoms with E-state index in [4.69, 9.17) is 11.0 Å². The lowest BCUT2D eigenvalue weighted by Gasteiger charge is -2.07. The zero-order valence-corrected chi connectivity index (χ0v) is 7.10. The first-order valence-electron chi connectivity index (χ1n) is 3.77. The summed E-state index contributed by atoms with van der Waals surface area (Å²) in [6, 6.07) is 5.49. The maximum Gasteiger partial charge on any atom is 0.393 e. The molecule has 0 radical (unpaired) electrons. The van der Waals surface area contributed by atoms with Crippen molar-refractivity contribution in [1.82, 2.24) is 0 Å². The number of anilines is 1. The molecule has 0 amide bonds. The molecule has 1 aromatic carbocycles. The van der Waals surface area contributed by atoms with Crippen molar-refractivity contribution in [2.24, 2.45) is 0 Å². The van der Waals surface area contributed by atoms with Gasteiger partial charge >= 0.3 is 6.18 Å². The number of hydrogen-bond donors (Lipinski definition) is 1. The van der Waals surface area contributed by atoms with E-state index in [0.717, 1.165) is 0 Å². The van der Waals surface area contributed by atoms with Crippen LogP contribution < -0.4 is 5.73 Å². The van der Waals surface area contributed by atoms with Crippen molar-refractivity contribution in [3.05, 3.63) is 29.3 Å². The van der Waals surface area contributed by atoms with Crippen LogP contribution in [0.3, 0.4) is 0 Å². The van der Waals surface area contributed by atoms with Gasteiger partial charge in [0.15, 0.2) is 0 Å². The van der Waals surface area contributed by atoms with E-state index in [2.05, 4.69) is 0 Å². The molecule has 14 heavy (non-hydrogen) atoms. The van der Waals surface area contributed by atoms with Gasteiger partial charge in [0.1, 0.15) is 6.07 Å². The van der Waals surface area contributed by atoms with Crippen LogP contribution >= 0.6 is 0 Å². The molecule has 5 heteroatoms. The van der Waals surface area contributed by atoms with Gasteiger partial charge in [-0.25, -0.2) is 0 Å². The molecule has 0 aromatic heterocycles. The smallest absolute Gasteiger partial charge is 0.393 e. The molecule has 0 aliphatic carbocycles. The van der Waals surface area contributed by atoms with Crippen LogP contribution in [-0.4, -0.2) is 6.18 Å². The Morgan fingerprint density at radius 2 is 2.00 bits per heavy atom. The molecule has 1 rings (SSSR count). The van der Waals surface area contributed by atoms with Crippen LogP contribution in [-0.2, 0) is 6.42 Å². The zero-order chi connectivity index (χ0) is 10.8. The summed E-state index contributed by atoms with van der Waals surface area (Å²) in [5.74, 6) is 0. The van der Waals surface area contributed by atoms with Crippen molar-refractivity contribution < 1.29 is 13.2 Å². The third-order valence-corrected chi connectivity index (χ3v) is 1.64. The number of alkyl halides is 3. The molecular formula is C9H7F3N2. The van der Waals surface area contributed by atoms with Crippen molar-refractivity contribution in [1.29, 1.82) is 5.26 Å². The van der Waals surface area contributed by atoms with E-state index >= 15 is 0 Å². The molecule has 0 unspecified atom stereocenters. The van der Waals surface area contributed by atoms with Crippen molar-refractivity contribution in [2.75, 3.05) is 5.73 Å².